The van der Waals surface area contributed by atoms with Crippen LogP contribution >= 0.6 is 0 Å². The molecule has 0 aromatic heterocycles. The van der Waals surface area contributed by atoms with E-state index < -0.39 is 6.10 Å². The smallest absolute Gasteiger partial charge is 0.306 e. The third-order valence-electron chi connectivity index (χ3n) is 15.2. The van der Waals surface area contributed by atoms with E-state index in [1.54, 1.807) is 0 Å². The molecule has 1 unspecified atom stereocenters. The standard InChI is InChI=1S/C73H130O6/c1-4-7-10-13-16-19-22-25-27-28-29-30-31-32-33-34-35-36-37-38-39-40-41-42-43-44-46-48-51-54-57-60-63-66-72(75)78-69-70(68-77-71(74)65-62-59-56-53-50-47-24-21-18-15-12-9-6-3)79-73(76)67-64-61-58-55-52-49-45-26-23-20-17-14-11-8-5-2/h7,10,16-17,19-20,25-27,29-30,45,70H,4-6,8-9,11-15,18,21-24,28,31-44,46-69H2,1-3H3/b10-7-,19-16-,20-17-,27-25-,30-29-,45-26-. The van der Waals surface area contributed by atoms with Gasteiger partial charge in [-0.15, -0.1) is 0 Å². The molecule has 0 fully saturated rings. The summed E-state index contributed by atoms with van der Waals surface area (Å²) < 4.78 is 16.9. The zero-order valence-electron chi connectivity index (χ0n) is 52.6. The summed E-state index contributed by atoms with van der Waals surface area (Å²) >= 11 is 0. The highest BCUT2D eigenvalue weighted by Crippen LogP contribution is 2.18. The van der Waals surface area contributed by atoms with Crippen molar-refractivity contribution < 1.29 is 28.6 Å². The molecule has 6 nitrogen and oxygen atoms in total. The van der Waals surface area contributed by atoms with E-state index in [4.69, 9.17) is 14.2 Å². The molecule has 0 spiro atoms. The monoisotopic (exact) mass is 1100 g/mol. The van der Waals surface area contributed by atoms with E-state index >= 15 is 0 Å². The Balaban J connectivity index is 4.12. The van der Waals surface area contributed by atoms with Crippen molar-refractivity contribution in [3.63, 3.8) is 0 Å². The Kier molecular flexibility index (Phi) is 64.7. The Hall–Kier alpha value is -3.15. The van der Waals surface area contributed by atoms with E-state index in [0.29, 0.717) is 19.3 Å². The van der Waals surface area contributed by atoms with Gasteiger partial charge in [-0.3, -0.25) is 14.4 Å². The lowest BCUT2D eigenvalue weighted by atomic mass is 10.0. The van der Waals surface area contributed by atoms with Gasteiger partial charge in [0.1, 0.15) is 13.2 Å². The Morgan fingerprint density at radius 3 is 0.797 bits per heavy atom. The fourth-order valence-corrected chi connectivity index (χ4v) is 10.1. The summed E-state index contributed by atoms with van der Waals surface area (Å²) in [7, 11) is 0. The van der Waals surface area contributed by atoms with Crippen LogP contribution < -0.4 is 0 Å². The lowest BCUT2D eigenvalue weighted by Gasteiger charge is -2.18. The average molecular weight is 1100 g/mol. The number of hydrogen-bond acceptors (Lipinski definition) is 6. The van der Waals surface area contributed by atoms with Gasteiger partial charge < -0.3 is 14.2 Å². The summed E-state index contributed by atoms with van der Waals surface area (Å²) in [6, 6.07) is 0. The zero-order valence-corrected chi connectivity index (χ0v) is 52.6. The molecular formula is C73H130O6. The number of carbonyl (C=O) groups is 3. The molecule has 79 heavy (non-hydrogen) atoms. The van der Waals surface area contributed by atoms with Crippen LogP contribution in [0, 0.1) is 0 Å². The van der Waals surface area contributed by atoms with Gasteiger partial charge in [0, 0.05) is 19.3 Å². The van der Waals surface area contributed by atoms with Crippen LogP contribution in [-0.2, 0) is 28.6 Å². The first kappa shape index (κ1) is 75.8. The van der Waals surface area contributed by atoms with Crippen molar-refractivity contribution in [3.8, 4) is 0 Å². The number of unbranched alkanes of at least 4 members (excludes halogenated alkanes) is 40. The van der Waals surface area contributed by atoms with E-state index in [9.17, 15) is 14.4 Å². The van der Waals surface area contributed by atoms with Crippen LogP contribution in [0.5, 0.6) is 0 Å². The quantitative estimate of drug-likeness (QED) is 0.0261. The maximum absolute atomic E-state index is 12.9. The molecule has 1 atom stereocenters. The second kappa shape index (κ2) is 67.4. The highest BCUT2D eigenvalue weighted by atomic mass is 16.6. The van der Waals surface area contributed by atoms with Crippen LogP contribution in [0.2, 0.25) is 0 Å². The van der Waals surface area contributed by atoms with Crippen molar-refractivity contribution >= 4 is 17.9 Å². The number of ether oxygens (including phenoxy) is 3. The van der Waals surface area contributed by atoms with E-state index in [0.717, 1.165) is 109 Å². The number of allylic oxidation sites excluding steroid dienone is 12. The van der Waals surface area contributed by atoms with Crippen molar-refractivity contribution in [1.82, 2.24) is 0 Å². The summed E-state index contributed by atoms with van der Waals surface area (Å²) in [5, 5.41) is 0. The molecule has 0 aliphatic rings. The zero-order chi connectivity index (χ0) is 57.1. The van der Waals surface area contributed by atoms with Gasteiger partial charge in [-0.1, -0.05) is 318 Å². The summed E-state index contributed by atoms with van der Waals surface area (Å²) in [6.07, 6.45) is 87.9. The lowest BCUT2D eigenvalue weighted by molar-refractivity contribution is -0.167. The normalized spacial score (nSPS) is 12.5. The first-order valence-corrected chi connectivity index (χ1v) is 34.4. The minimum Gasteiger partial charge on any atom is -0.462 e. The molecule has 0 saturated heterocycles. The van der Waals surface area contributed by atoms with Crippen LogP contribution in [0.1, 0.15) is 355 Å². The third kappa shape index (κ3) is 65.5. The van der Waals surface area contributed by atoms with Gasteiger partial charge in [0.15, 0.2) is 6.10 Å². The van der Waals surface area contributed by atoms with E-state index in [1.165, 1.54) is 205 Å². The van der Waals surface area contributed by atoms with Gasteiger partial charge in [0.25, 0.3) is 0 Å². The number of esters is 3. The fourth-order valence-electron chi connectivity index (χ4n) is 10.1. The second-order valence-electron chi connectivity index (χ2n) is 23.1. The molecule has 0 aromatic rings. The first-order valence-electron chi connectivity index (χ1n) is 34.4. The SMILES string of the molecule is CC/C=C\C/C=C\C/C=C\C/C=C\CCCCCCCCCCCCCCCCCCCCCCC(=O)OCC(COC(=O)CCCCCCCCCCCCCCC)OC(=O)CCCCCCC/C=C\C/C=C\CCCCC. The lowest BCUT2D eigenvalue weighted by Crippen LogP contribution is -2.30. The second-order valence-corrected chi connectivity index (χ2v) is 23.1. The Labute approximate surface area is 491 Å². The van der Waals surface area contributed by atoms with Crippen molar-refractivity contribution in [2.75, 3.05) is 13.2 Å². The molecule has 0 N–H and O–H groups in total. The van der Waals surface area contributed by atoms with Crippen LogP contribution in [0.15, 0.2) is 72.9 Å². The van der Waals surface area contributed by atoms with Gasteiger partial charge >= 0.3 is 17.9 Å². The van der Waals surface area contributed by atoms with Crippen LogP contribution in [0.3, 0.4) is 0 Å². The molecular weight excluding hydrogens is 973 g/mol. The number of carbonyl (C=O) groups excluding carboxylic acids is 3. The Morgan fingerprint density at radius 2 is 0.494 bits per heavy atom. The minimum absolute atomic E-state index is 0.0751. The third-order valence-corrected chi connectivity index (χ3v) is 15.2. The van der Waals surface area contributed by atoms with E-state index in [-0.39, 0.29) is 31.1 Å². The molecule has 0 heterocycles. The Morgan fingerprint density at radius 1 is 0.266 bits per heavy atom. The number of rotatable bonds is 63. The summed E-state index contributed by atoms with van der Waals surface area (Å²) in [5.41, 5.74) is 0. The molecule has 0 bridgehead atoms. The summed E-state index contributed by atoms with van der Waals surface area (Å²) in [5.74, 6) is -0.868. The van der Waals surface area contributed by atoms with Crippen molar-refractivity contribution in [1.29, 1.82) is 0 Å². The molecule has 0 radical (unpaired) electrons. The van der Waals surface area contributed by atoms with Crippen molar-refractivity contribution in [2.24, 2.45) is 0 Å². The highest BCUT2D eigenvalue weighted by molar-refractivity contribution is 5.71. The molecule has 6 heteroatoms. The van der Waals surface area contributed by atoms with E-state index in [2.05, 4.69) is 93.7 Å². The van der Waals surface area contributed by atoms with Gasteiger partial charge in [-0.2, -0.15) is 0 Å². The number of hydrogen-bond donors (Lipinski definition) is 0. The fraction of sp³-hybridized carbons (Fsp3) is 0.795. The predicted molar refractivity (Wildman–Crippen MR) is 344 cm³/mol. The van der Waals surface area contributed by atoms with Crippen molar-refractivity contribution in [3.05, 3.63) is 72.9 Å². The summed E-state index contributed by atoms with van der Waals surface area (Å²) in [6.45, 7) is 6.53. The van der Waals surface area contributed by atoms with Crippen LogP contribution in [0.4, 0.5) is 0 Å². The molecule has 0 saturated carbocycles. The van der Waals surface area contributed by atoms with Crippen molar-refractivity contribution in [2.45, 2.75) is 361 Å². The molecule has 0 aliphatic carbocycles. The van der Waals surface area contributed by atoms with Crippen LogP contribution in [0.25, 0.3) is 0 Å². The van der Waals surface area contributed by atoms with Gasteiger partial charge in [-0.05, 0) is 89.9 Å². The van der Waals surface area contributed by atoms with Gasteiger partial charge in [-0.25, -0.2) is 0 Å². The predicted octanol–water partition coefficient (Wildman–Crippen LogP) is 23.7. The first-order chi connectivity index (χ1) is 39.0. The largest absolute Gasteiger partial charge is 0.462 e. The molecule has 0 amide bonds. The average Bonchev–Trinajstić information content (AvgIpc) is 3.45. The maximum Gasteiger partial charge on any atom is 0.306 e. The maximum atomic E-state index is 12.9. The molecule has 0 rings (SSSR count). The Bertz CT molecular complexity index is 1450. The topological polar surface area (TPSA) is 78.9 Å². The summed E-state index contributed by atoms with van der Waals surface area (Å²) in [4.78, 5) is 38.3. The molecule has 0 aromatic carbocycles. The van der Waals surface area contributed by atoms with E-state index in [1.807, 2.05) is 0 Å². The highest BCUT2D eigenvalue weighted by Gasteiger charge is 2.19. The minimum atomic E-state index is -0.779. The van der Waals surface area contributed by atoms with Crippen LogP contribution in [-0.4, -0.2) is 37.2 Å². The molecule has 0 aliphatic heterocycles. The van der Waals surface area contributed by atoms with Gasteiger partial charge in [0.2, 0.25) is 0 Å². The molecule has 458 valence electrons. The van der Waals surface area contributed by atoms with Gasteiger partial charge in [0.05, 0.1) is 0 Å².